The Bertz CT molecular complexity index is 179. The monoisotopic (exact) mass is 217 g/mol. The Morgan fingerprint density at radius 3 is 2.07 bits per heavy atom. The molecule has 1 heterocycles. The number of halogens is 4. The van der Waals surface area contributed by atoms with Crippen LogP contribution in [0.3, 0.4) is 0 Å². The van der Waals surface area contributed by atoms with E-state index in [1.54, 1.807) is 0 Å². The lowest BCUT2D eigenvalue weighted by Gasteiger charge is -2.22. The number of nitrogens with one attached hydrogen (secondary N) is 1. The van der Waals surface area contributed by atoms with Gasteiger partial charge in [0.1, 0.15) is 0 Å². The first-order valence-electron chi connectivity index (χ1n) is 3.91. The van der Waals surface area contributed by atoms with Gasteiger partial charge in [0.25, 0.3) is 0 Å². The Hall–Kier alpha value is -0.850. The molecule has 0 aromatic carbocycles. The van der Waals surface area contributed by atoms with Gasteiger partial charge in [0.2, 0.25) is 6.86 Å². The molecule has 1 unspecified atom stereocenters. The fraction of sp³-hybridized carbons (Fsp3) is 0.857. The number of hydrogen-bond acceptors (Lipinski definition) is 3. The molecular weight excluding hydrogens is 206 g/mol. The number of rotatable bonds is 1. The minimum atomic E-state index is -5.09. The molecule has 1 aliphatic rings. The van der Waals surface area contributed by atoms with Crippen LogP contribution in [0.5, 0.6) is 0 Å². The first-order chi connectivity index (χ1) is 6.38. The molecule has 0 aromatic rings. The highest BCUT2D eigenvalue weighted by Crippen LogP contribution is 2.15. The third-order valence-corrected chi connectivity index (χ3v) is 1.49. The smallest absolute Gasteiger partial charge is 0.427 e. The first-order valence-corrected chi connectivity index (χ1v) is 3.91. The zero-order valence-electron chi connectivity index (χ0n) is 7.53. The van der Waals surface area contributed by atoms with Gasteiger partial charge in [-0.05, 0) is 19.9 Å². The molecule has 0 aromatic heterocycles. The largest absolute Gasteiger partial charge is 0.491 e. The second-order valence-corrected chi connectivity index (χ2v) is 2.68. The predicted molar refractivity (Wildman–Crippen MR) is 40.2 cm³/mol. The summed E-state index contributed by atoms with van der Waals surface area (Å²) < 4.78 is 46.8. The van der Waals surface area contributed by atoms with Crippen LogP contribution in [0, 0.1) is 0 Å². The zero-order chi connectivity index (χ0) is 11.2. The van der Waals surface area contributed by atoms with E-state index in [9.17, 15) is 22.4 Å². The number of carbonyl (C=O) groups excluding carboxylic acids is 1. The topological polar surface area (TPSA) is 38.3 Å². The van der Waals surface area contributed by atoms with Crippen molar-refractivity contribution < 1.29 is 27.1 Å². The molecule has 1 fully saturated rings. The maximum absolute atomic E-state index is 11.0. The summed E-state index contributed by atoms with van der Waals surface area (Å²) in [6, 6.07) is 0.815. The first kappa shape index (κ1) is 13.2. The van der Waals surface area contributed by atoms with Gasteiger partial charge in [-0.25, -0.2) is 9.18 Å². The maximum atomic E-state index is 11.0. The Balaban J connectivity index is 0.000000280. The fourth-order valence-corrected chi connectivity index (χ4v) is 0.564. The van der Waals surface area contributed by atoms with Gasteiger partial charge in [0, 0.05) is 6.04 Å². The lowest BCUT2D eigenvalue weighted by atomic mass is 10.1. The third-order valence-electron chi connectivity index (χ3n) is 1.49. The highest BCUT2D eigenvalue weighted by Gasteiger charge is 2.40. The molecule has 0 saturated carbocycles. The van der Waals surface area contributed by atoms with E-state index < -0.39 is 19.0 Å². The summed E-state index contributed by atoms with van der Waals surface area (Å²) in [5.41, 5.74) is 0. The molecule has 0 aliphatic carbocycles. The van der Waals surface area contributed by atoms with Crippen molar-refractivity contribution in [1.82, 2.24) is 5.32 Å². The standard InChI is InChI=1S/C4H9N.C3H2F4O2/c1-4-2-3-5-4;4-1-9-2(8)3(5,6)7/h4-5H,2-3H2,1H3;1H2. The summed E-state index contributed by atoms with van der Waals surface area (Å²) in [4.78, 5) is 9.48. The van der Waals surface area contributed by atoms with Crippen molar-refractivity contribution >= 4 is 5.97 Å². The Morgan fingerprint density at radius 2 is 2.00 bits per heavy atom. The predicted octanol–water partition coefficient (Wildman–Crippen LogP) is 1.39. The van der Waals surface area contributed by atoms with Gasteiger partial charge >= 0.3 is 12.1 Å². The summed E-state index contributed by atoms with van der Waals surface area (Å²) in [6.45, 7) is 1.68. The molecule has 14 heavy (non-hydrogen) atoms. The van der Waals surface area contributed by atoms with Crippen LogP contribution >= 0.6 is 0 Å². The van der Waals surface area contributed by atoms with Crippen LogP contribution in [-0.2, 0) is 9.53 Å². The van der Waals surface area contributed by atoms with E-state index in [1.165, 1.54) is 13.0 Å². The van der Waals surface area contributed by atoms with E-state index in [1.807, 2.05) is 0 Å². The minimum Gasteiger partial charge on any atom is -0.427 e. The Labute approximate surface area is 78.4 Å². The highest BCUT2D eigenvalue weighted by atomic mass is 19.4. The number of esters is 1. The molecule has 1 atom stereocenters. The van der Waals surface area contributed by atoms with E-state index in [0.717, 1.165) is 6.04 Å². The average Bonchev–Trinajstić information content (AvgIpc) is 2.01. The molecule has 1 N–H and O–H groups in total. The Kier molecular flexibility index (Phi) is 5.44. The minimum absolute atomic E-state index is 0.815. The second-order valence-electron chi connectivity index (χ2n) is 2.68. The summed E-state index contributed by atoms with van der Waals surface area (Å²) in [5, 5.41) is 3.21. The Morgan fingerprint density at radius 1 is 1.57 bits per heavy atom. The van der Waals surface area contributed by atoms with Crippen LogP contribution in [0.25, 0.3) is 0 Å². The van der Waals surface area contributed by atoms with E-state index in [0.29, 0.717) is 0 Å². The van der Waals surface area contributed by atoms with Crippen molar-refractivity contribution in [3.8, 4) is 0 Å². The molecule has 1 saturated heterocycles. The van der Waals surface area contributed by atoms with E-state index >= 15 is 0 Å². The molecule has 1 aliphatic heterocycles. The summed E-state index contributed by atoms with van der Waals surface area (Å²) in [5.74, 6) is -2.51. The van der Waals surface area contributed by atoms with Crippen molar-refractivity contribution in [2.75, 3.05) is 13.4 Å². The van der Waals surface area contributed by atoms with Crippen molar-refractivity contribution in [1.29, 1.82) is 0 Å². The van der Waals surface area contributed by atoms with Crippen LogP contribution < -0.4 is 5.32 Å². The molecule has 1 rings (SSSR count). The van der Waals surface area contributed by atoms with Crippen LogP contribution in [0.15, 0.2) is 0 Å². The van der Waals surface area contributed by atoms with Crippen molar-refractivity contribution in [2.24, 2.45) is 0 Å². The average molecular weight is 217 g/mol. The van der Waals surface area contributed by atoms with E-state index in [-0.39, 0.29) is 0 Å². The number of alkyl halides is 4. The molecule has 3 nitrogen and oxygen atoms in total. The van der Waals surface area contributed by atoms with Gasteiger partial charge in [-0.1, -0.05) is 0 Å². The highest BCUT2D eigenvalue weighted by molar-refractivity contribution is 5.75. The summed E-state index contributed by atoms with van der Waals surface area (Å²) >= 11 is 0. The van der Waals surface area contributed by atoms with Gasteiger partial charge in [0.15, 0.2) is 0 Å². The molecule has 7 heteroatoms. The zero-order valence-corrected chi connectivity index (χ0v) is 7.53. The number of carbonyl (C=O) groups is 1. The van der Waals surface area contributed by atoms with Crippen molar-refractivity contribution in [3.05, 3.63) is 0 Å². The van der Waals surface area contributed by atoms with Gasteiger partial charge in [-0.15, -0.1) is 0 Å². The maximum Gasteiger partial charge on any atom is 0.491 e. The summed E-state index contributed by atoms with van der Waals surface area (Å²) in [7, 11) is 0. The normalized spacial score (nSPS) is 20.2. The molecule has 0 bridgehead atoms. The molecule has 0 amide bonds. The fourth-order valence-electron chi connectivity index (χ4n) is 0.564. The summed E-state index contributed by atoms with van der Waals surface area (Å²) in [6.07, 6.45) is -3.72. The molecular formula is C7H11F4NO2. The van der Waals surface area contributed by atoms with Gasteiger partial charge < -0.3 is 10.1 Å². The lowest BCUT2D eigenvalue weighted by Crippen LogP contribution is -2.39. The van der Waals surface area contributed by atoms with Gasteiger partial charge in [-0.3, -0.25) is 0 Å². The molecule has 84 valence electrons. The quantitative estimate of drug-likeness (QED) is 0.532. The SMILES string of the molecule is CC1CCN1.O=C(OCF)C(F)(F)F. The third kappa shape index (κ3) is 5.74. The van der Waals surface area contributed by atoms with Crippen molar-refractivity contribution in [2.45, 2.75) is 25.6 Å². The van der Waals surface area contributed by atoms with E-state index in [4.69, 9.17) is 0 Å². The molecule has 0 radical (unpaired) electrons. The number of hydrogen-bond donors (Lipinski definition) is 1. The van der Waals surface area contributed by atoms with Gasteiger partial charge in [0.05, 0.1) is 0 Å². The molecule has 0 spiro atoms. The van der Waals surface area contributed by atoms with Crippen LogP contribution in [0.2, 0.25) is 0 Å². The second kappa shape index (κ2) is 5.79. The number of ether oxygens (including phenoxy) is 1. The van der Waals surface area contributed by atoms with E-state index in [2.05, 4.69) is 17.0 Å². The van der Waals surface area contributed by atoms with Gasteiger partial charge in [-0.2, -0.15) is 13.2 Å². The van der Waals surface area contributed by atoms with Crippen LogP contribution in [0.1, 0.15) is 13.3 Å². The van der Waals surface area contributed by atoms with Crippen molar-refractivity contribution in [3.63, 3.8) is 0 Å². The van der Waals surface area contributed by atoms with Crippen LogP contribution in [-0.4, -0.2) is 31.6 Å². The lowest BCUT2D eigenvalue weighted by molar-refractivity contribution is -0.203. The van der Waals surface area contributed by atoms with Crippen LogP contribution in [0.4, 0.5) is 17.6 Å².